The van der Waals surface area contributed by atoms with Crippen molar-refractivity contribution in [2.75, 3.05) is 44.9 Å². The van der Waals surface area contributed by atoms with Crippen LogP contribution in [-0.2, 0) is 19.1 Å². The second-order valence-electron chi connectivity index (χ2n) is 13.8. The fourth-order valence-corrected chi connectivity index (χ4v) is 6.98. The molecule has 4 aromatic carbocycles. The number of benzene rings is 4. The summed E-state index contributed by atoms with van der Waals surface area (Å²) in [6.45, 7) is 5.83. The Morgan fingerprint density at radius 3 is 2.07 bits per heavy atom. The number of aromatic hydroxyl groups is 1. The molecule has 1 atom stereocenters. The maximum absolute atomic E-state index is 13.0. The summed E-state index contributed by atoms with van der Waals surface area (Å²) in [5, 5.41) is 15.4. The number of hydrogen-bond acceptors (Lipinski definition) is 9. The summed E-state index contributed by atoms with van der Waals surface area (Å²) in [5.41, 5.74) is 6.90. The highest BCUT2D eigenvalue weighted by Crippen LogP contribution is 2.36. The topological polar surface area (TPSA) is 144 Å². The Kier molecular flexibility index (Phi) is 14.0. The predicted molar refractivity (Wildman–Crippen MR) is 214 cm³/mol. The number of carbonyl (C=O) groups is 4. The van der Waals surface area contributed by atoms with Gasteiger partial charge in [-0.2, -0.15) is 0 Å². The van der Waals surface area contributed by atoms with E-state index in [0.29, 0.717) is 45.3 Å². The highest BCUT2D eigenvalue weighted by Gasteiger charge is 2.44. The number of fused-ring (bicyclic) bond motifs is 1. The van der Waals surface area contributed by atoms with E-state index < -0.39 is 29.7 Å². The number of rotatable bonds is 20. The molecule has 0 bridgehead atoms. The largest absolute Gasteiger partial charge is 0.508 e. The second kappa shape index (κ2) is 19.7. The molecule has 2 heterocycles. The van der Waals surface area contributed by atoms with Gasteiger partial charge in [-0.15, -0.1) is 0 Å². The van der Waals surface area contributed by atoms with Gasteiger partial charge in [-0.25, -0.2) is 0 Å². The lowest BCUT2D eigenvalue weighted by molar-refractivity contribution is -0.136. The number of carbonyl (C=O) groups excluding carboxylic acids is 4. The van der Waals surface area contributed by atoms with E-state index in [-0.39, 0.29) is 29.7 Å². The van der Waals surface area contributed by atoms with Crippen LogP contribution >= 0.6 is 0 Å². The van der Waals surface area contributed by atoms with Gasteiger partial charge in [0.15, 0.2) is 0 Å². The molecule has 0 spiro atoms. The first-order valence-electron chi connectivity index (χ1n) is 19.4. The molecule has 1 fully saturated rings. The Hall–Kier alpha value is -5.78. The predicted octanol–water partition coefficient (Wildman–Crippen LogP) is 7.25. The number of anilines is 1. The van der Waals surface area contributed by atoms with Crippen LogP contribution in [0.25, 0.3) is 11.1 Å². The zero-order valence-electron chi connectivity index (χ0n) is 31.8. The molecule has 4 aromatic rings. The number of phenols is 1. The van der Waals surface area contributed by atoms with Crippen molar-refractivity contribution in [3.63, 3.8) is 0 Å². The summed E-state index contributed by atoms with van der Waals surface area (Å²) in [6.07, 6.45) is 4.39. The summed E-state index contributed by atoms with van der Waals surface area (Å²) >= 11 is 0. The van der Waals surface area contributed by atoms with E-state index in [1.807, 2.05) is 30.3 Å². The molecule has 2 aliphatic rings. The van der Waals surface area contributed by atoms with E-state index in [4.69, 9.17) is 14.2 Å². The number of hydrogen-bond donors (Lipinski definition) is 3. The van der Waals surface area contributed by atoms with Gasteiger partial charge in [0.25, 0.3) is 11.8 Å². The molecule has 2 aliphatic heterocycles. The van der Waals surface area contributed by atoms with Gasteiger partial charge >= 0.3 is 0 Å². The van der Waals surface area contributed by atoms with Crippen LogP contribution in [0.1, 0.15) is 89.3 Å². The molecule has 1 unspecified atom stereocenters. The molecular formula is C45H49N3O8. The first kappa shape index (κ1) is 39.9. The highest BCUT2D eigenvalue weighted by molar-refractivity contribution is 6.23. The molecule has 0 aliphatic carbocycles. The smallest absolute Gasteiger partial charge is 0.262 e. The molecule has 0 aromatic heterocycles. The third-order valence-corrected chi connectivity index (χ3v) is 9.84. The van der Waals surface area contributed by atoms with Crippen molar-refractivity contribution in [2.45, 2.75) is 57.9 Å². The van der Waals surface area contributed by atoms with Crippen LogP contribution in [0.4, 0.5) is 5.69 Å². The molecule has 56 heavy (non-hydrogen) atoms. The first-order valence-corrected chi connectivity index (χ1v) is 19.4. The van der Waals surface area contributed by atoms with Crippen LogP contribution in [0.2, 0.25) is 0 Å². The van der Waals surface area contributed by atoms with Gasteiger partial charge in [-0.3, -0.25) is 29.4 Å². The van der Waals surface area contributed by atoms with Crippen LogP contribution in [-0.4, -0.2) is 79.3 Å². The molecule has 0 radical (unpaired) electrons. The van der Waals surface area contributed by atoms with Gasteiger partial charge < -0.3 is 24.6 Å². The van der Waals surface area contributed by atoms with E-state index >= 15 is 0 Å². The molecule has 6 rings (SSSR count). The molecule has 11 heteroatoms. The average Bonchev–Trinajstić information content (AvgIpc) is 3.46. The number of piperidine rings is 1. The monoisotopic (exact) mass is 759 g/mol. The van der Waals surface area contributed by atoms with Gasteiger partial charge in [0.2, 0.25) is 11.8 Å². The van der Waals surface area contributed by atoms with Crippen LogP contribution < -0.4 is 15.4 Å². The molecule has 292 valence electrons. The number of nitrogens with zero attached hydrogens (tertiary/aromatic N) is 1. The summed E-state index contributed by atoms with van der Waals surface area (Å²) in [5.74, 6) is -1.00. The Balaban J connectivity index is 0.827. The standard InChI is InChI=1S/C45H49N3O8/c1-2-37(31-10-4-3-5-11-31)42(32-12-17-35(49)18-13-32)33-14-19-36(20-15-33)56-29-7-6-25-54-27-9-28-55-26-8-24-46-34-16-21-38-39(30-34)45(53)48(44(38)52)40-22-23-41(50)47-43(40)51/h3-5,10-21,30,40,46,49H,2,6-9,22-29H2,1H3,(H,47,50,51). The molecule has 0 saturated carbocycles. The van der Waals surface area contributed by atoms with E-state index in [1.165, 1.54) is 11.1 Å². The third-order valence-electron chi connectivity index (χ3n) is 9.84. The lowest BCUT2D eigenvalue weighted by atomic mass is 9.88. The van der Waals surface area contributed by atoms with Crippen molar-refractivity contribution < 1.29 is 38.5 Å². The average molecular weight is 760 g/mol. The lowest BCUT2D eigenvalue weighted by Gasteiger charge is -2.27. The van der Waals surface area contributed by atoms with Crippen LogP contribution in [0.3, 0.4) is 0 Å². The maximum atomic E-state index is 13.0. The van der Waals surface area contributed by atoms with E-state index in [2.05, 4.69) is 54.0 Å². The van der Waals surface area contributed by atoms with Crippen LogP contribution in [0.5, 0.6) is 11.5 Å². The maximum Gasteiger partial charge on any atom is 0.262 e. The van der Waals surface area contributed by atoms with Gasteiger partial charge in [-0.05, 0) is 109 Å². The number of allylic oxidation sites excluding steroid dienone is 1. The zero-order chi connectivity index (χ0) is 39.3. The van der Waals surface area contributed by atoms with Crippen molar-refractivity contribution in [1.29, 1.82) is 0 Å². The van der Waals surface area contributed by atoms with Crippen molar-refractivity contribution in [1.82, 2.24) is 10.2 Å². The molecule has 4 amide bonds. The first-order chi connectivity index (χ1) is 27.3. The molecule has 11 nitrogen and oxygen atoms in total. The number of imide groups is 2. The lowest BCUT2D eigenvalue weighted by Crippen LogP contribution is -2.54. The highest BCUT2D eigenvalue weighted by atomic mass is 16.5. The van der Waals surface area contributed by atoms with Gasteiger partial charge in [-0.1, -0.05) is 61.5 Å². The fraction of sp³-hybridized carbons (Fsp3) is 0.333. The van der Waals surface area contributed by atoms with Crippen molar-refractivity contribution in [3.8, 4) is 11.5 Å². The number of ether oxygens (including phenoxy) is 3. The Morgan fingerprint density at radius 2 is 1.38 bits per heavy atom. The third kappa shape index (κ3) is 10.1. The van der Waals surface area contributed by atoms with Crippen LogP contribution in [0.15, 0.2) is 97.1 Å². The Bertz CT molecular complexity index is 2010. The minimum atomic E-state index is -0.980. The van der Waals surface area contributed by atoms with Crippen LogP contribution in [0, 0.1) is 0 Å². The SMILES string of the molecule is CCC(=C(c1ccc(O)cc1)c1ccc(OCCCCOCCCOCCCNc2ccc3c(c2)C(=O)N(C2CCC(=O)NC2=O)C3=O)cc1)c1ccccc1. The fourth-order valence-electron chi connectivity index (χ4n) is 6.98. The minimum absolute atomic E-state index is 0.0839. The number of unbranched alkanes of at least 4 members (excludes halogenated alkanes) is 1. The molecule has 1 saturated heterocycles. The van der Waals surface area contributed by atoms with Crippen molar-refractivity contribution >= 4 is 40.5 Å². The summed E-state index contributed by atoms with van der Waals surface area (Å²) in [7, 11) is 0. The zero-order valence-corrected chi connectivity index (χ0v) is 31.8. The molecule has 3 N–H and O–H groups in total. The van der Waals surface area contributed by atoms with Gasteiger partial charge in [0, 0.05) is 45.1 Å². The Morgan fingerprint density at radius 1 is 0.732 bits per heavy atom. The number of nitrogens with one attached hydrogen (secondary N) is 2. The van der Waals surface area contributed by atoms with Crippen molar-refractivity contribution in [2.24, 2.45) is 0 Å². The number of phenolic OH excluding ortho intramolecular Hbond substituents is 1. The quantitative estimate of drug-likeness (QED) is 0.0483. The summed E-state index contributed by atoms with van der Waals surface area (Å²) in [6, 6.07) is 30.0. The molecular weight excluding hydrogens is 711 g/mol. The number of amides is 4. The normalized spacial score (nSPS) is 15.7. The van der Waals surface area contributed by atoms with E-state index in [9.17, 15) is 24.3 Å². The second-order valence-corrected chi connectivity index (χ2v) is 13.8. The van der Waals surface area contributed by atoms with E-state index in [0.717, 1.165) is 59.5 Å². The Labute approximate surface area is 327 Å². The minimum Gasteiger partial charge on any atom is -0.508 e. The van der Waals surface area contributed by atoms with Crippen molar-refractivity contribution in [3.05, 3.63) is 125 Å². The summed E-state index contributed by atoms with van der Waals surface area (Å²) in [4.78, 5) is 50.6. The van der Waals surface area contributed by atoms with E-state index in [1.54, 1.807) is 30.3 Å². The summed E-state index contributed by atoms with van der Waals surface area (Å²) < 4.78 is 17.6. The van der Waals surface area contributed by atoms with Gasteiger partial charge in [0.1, 0.15) is 17.5 Å². The van der Waals surface area contributed by atoms with Gasteiger partial charge in [0.05, 0.1) is 17.7 Å².